The lowest BCUT2D eigenvalue weighted by atomic mass is 9.97. The van der Waals surface area contributed by atoms with Gasteiger partial charge in [-0.15, -0.1) is 0 Å². The van der Waals surface area contributed by atoms with Gasteiger partial charge in [-0.3, -0.25) is 4.79 Å². The Morgan fingerprint density at radius 1 is 0.530 bits per heavy atom. The molecule has 2 aliphatic heterocycles. The number of allylic oxidation sites excluding steroid dienone is 5. The zero-order chi connectivity index (χ0) is 48.2. The quantitative estimate of drug-likeness (QED) is 0.0221. The molecule has 1 amide bonds. The SMILES string of the molecule is CCC/C=C/CC/C=C/C(O)C(COC1OC(CO)C(OC2OC(CO)C(O)C(O)C2O)C(O)C1O)NC(=O)CCCCCCCCCCCCCCC/C=C\CCCCCCCCCC. The molecule has 386 valence electrons. The normalized spacial score (nSPS) is 27.1. The minimum absolute atomic E-state index is 0.254. The van der Waals surface area contributed by atoms with Gasteiger partial charge in [0.2, 0.25) is 5.91 Å². The number of nitrogens with one attached hydrogen (secondary N) is 1. The molecule has 66 heavy (non-hydrogen) atoms. The summed E-state index contributed by atoms with van der Waals surface area (Å²) in [4.78, 5) is 13.1. The molecular formula is C52H95NO13. The number of rotatable bonds is 40. The highest BCUT2D eigenvalue weighted by Crippen LogP contribution is 2.30. The van der Waals surface area contributed by atoms with Crippen molar-refractivity contribution >= 4 is 5.91 Å². The number of hydrogen-bond acceptors (Lipinski definition) is 13. The average molecular weight is 942 g/mol. The zero-order valence-electron chi connectivity index (χ0n) is 40.9. The lowest BCUT2D eigenvalue weighted by molar-refractivity contribution is -0.359. The number of amides is 1. The van der Waals surface area contributed by atoms with Gasteiger partial charge in [-0.05, 0) is 51.4 Å². The molecule has 9 N–H and O–H groups in total. The van der Waals surface area contributed by atoms with Crippen LogP contribution >= 0.6 is 0 Å². The first-order valence-corrected chi connectivity index (χ1v) is 26.2. The van der Waals surface area contributed by atoms with Gasteiger partial charge < -0.3 is 65.1 Å². The highest BCUT2D eigenvalue weighted by Gasteiger charge is 2.51. The fraction of sp³-hybridized carbons (Fsp3) is 0.865. The second kappa shape index (κ2) is 39.0. The van der Waals surface area contributed by atoms with Crippen molar-refractivity contribution in [1.82, 2.24) is 5.32 Å². The summed E-state index contributed by atoms with van der Waals surface area (Å²) in [5.74, 6) is -0.254. The molecule has 12 atom stereocenters. The first-order chi connectivity index (χ1) is 32.1. The molecule has 12 unspecified atom stereocenters. The molecule has 0 bridgehead atoms. The first-order valence-electron chi connectivity index (χ1n) is 26.2. The maximum absolute atomic E-state index is 13.1. The molecule has 0 aromatic rings. The van der Waals surface area contributed by atoms with Crippen LogP contribution in [-0.4, -0.2) is 140 Å². The van der Waals surface area contributed by atoms with Gasteiger partial charge in [0.05, 0.1) is 32.0 Å². The summed E-state index contributed by atoms with van der Waals surface area (Å²) in [6, 6.07) is -0.927. The minimum atomic E-state index is -1.79. The molecule has 2 aliphatic rings. The third kappa shape index (κ3) is 25.7. The summed E-state index contributed by atoms with van der Waals surface area (Å²) in [6.45, 7) is 2.65. The molecule has 2 rings (SSSR count). The molecule has 2 saturated heterocycles. The average Bonchev–Trinajstić information content (AvgIpc) is 3.31. The van der Waals surface area contributed by atoms with Gasteiger partial charge >= 0.3 is 0 Å². The number of unbranched alkanes of at least 4 members (excludes halogenated alkanes) is 23. The van der Waals surface area contributed by atoms with Gasteiger partial charge in [0, 0.05) is 6.42 Å². The molecule has 14 nitrogen and oxygen atoms in total. The Kier molecular flexibility index (Phi) is 35.6. The van der Waals surface area contributed by atoms with Gasteiger partial charge in [-0.1, -0.05) is 172 Å². The summed E-state index contributed by atoms with van der Waals surface area (Å²) >= 11 is 0. The number of aliphatic hydroxyl groups excluding tert-OH is 8. The van der Waals surface area contributed by atoms with E-state index in [-0.39, 0.29) is 18.9 Å². The number of aliphatic hydroxyl groups is 8. The predicted octanol–water partition coefficient (Wildman–Crippen LogP) is 7.10. The smallest absolute Gasteiger partial charge is 0.220 e. The standard InChI is InChI=1S/C52H95NO13/c1-3-5-7-9-11-12-13-14-15-16-17-18-19-20-21-22-23-24-25-26-27-28-30-32-34-36-44(57)53-40(41(56)35-33-31-29-10-8-6-4-2)39-63-51-49(62)47(60)50(43(38-55)65-51)66-52-48(61)46(59)45(58)42(37-54)64-52/h8,10,16-17,33,35,40-43,45-52,54-56,58-62H,3-7,9,11-15,18-32,34,36-39H2,1-2H3,(H,53,57)/b10-8+,17-16-,35-33+. The van der Waals surface area contributed by atoms with Crippen LogP contribution in [0.5, 0.6) is 0 Å². The van der Waals surface area contributed by atoms with Crippen LogP contribution in [0, 0.1) is 0 Å². The van der Waals surface area contributed by atoms with E-state index in [1.165, 1.54) is 122 Å². The van der Waals surface area contributed by atoms with E-state index >= 15 is 0 Å². The molecule has 0 aromatic heterocycles. The van der Waals surface area contributed by atoms with Crippen molar-refractivity contribution < 1.29 is 64.6 Å². The van der Waals surface area contributed by atoms with E-state index in [0.717, 1.165) is 38.5 Å². The lowest BCUT2D eigenvalue weighted by Crippen LogP contribution is -2.65. The fourth-order valence-electron chi connectivity index (χ4n) is 8.48. The van der Waals surface area contributed by atoms with Crippen molar-refractivity contribution in [3.63, 3.8) is 0 Å². The lowest BCUT2D eigenvalue weighted by Gasteiger charge is -2.46. The van der Waals surface area contributed by atoms with E-state index in [2.05, 4.69) is 43.5 Å². The molecule has 0 aromatic carbocycles. The van der Waals surface area contributed by atoms with E-state index in [1.54, 1.807) is 6.08 Å². The van der Waals surface area contributed by atoms with E-state index in [4.69, 9.17) is 18.9 Å². The van der Waals surface area contributed by atoms with Crippen molar-refractivity contribution in [2.24, 2.45) is 0 Å². The van der Waals surface area contributed by atoms with Crippen LogP contribution in [0.2, 0.25) is 0 Å². The zero-order valence-corrected chi connectivity index (χ0v) is 40.9. The van der Waals surface area contributed by atoms with Gasteiger partial charge in [-0.2, -0.15) is 0 Å². The van der Waals surface area contributed by atoms with E-state index in [0.29, 0.717) is 12.8 Å². The third-order valence-corrected chi connectivity index (χ3v) is 12.8. The molecular weight excluding hydrogens is 847 g/mol. The Morgan fingerprint density at radius 3 is 1.55 bits per heavy atom. The van der Waals surface area contributed by atoms with Crippen molar-refractivity contribution in [1.29, 1.82) is 0 Å². The summed E-state index contributed by atoms with van der Waals surface area (Å²) in [6.07, 6.45) is 28.1. The Balaban J connectivity index is 1.68. The molecule has 14 heteroatoms. The Hall–Kier alpha value is -1.79. The Morgan fingerprint density at radius 2 is 1.00 bits per heavy atom. The van der Waals surface area contributed by atoms with Crippen LogP contribution in [0.3, 0.4) is 0 Å². The maximum atomic E-state index is 13.1. The molecule has 2 heterocycles. The van der Waals surface area contributed by atoms with Crippen molar-refractivity contribution in [2.45, 2.75) is 267 Å². The van der Waals surface area contributed by atoms with E-state index < -0.39 is 86.8 Å². The summed E-state index contributed by atoms with van der Waals surface area (Å²) < 4.78 is 22.6. The number of carbonyl (C=O) groups excluding carboxylic acids is 1. The van der Waals surface area contributed by atoms with Crippen LogP contribution in [0.1, 0.15) is 194 Å². The van der Waals surface area contributed by atoms with Crippen molar-refractivity contribution in [3.8, 4) is 0 Å². The van der Waals surface area contributed by atoms with Gasteiger partial charge in [-0.25, -0.2) is 0 Å². The van der Waals surface area contributed by atoms with E-state index in [1.807, 2.05) is 6.08 Å². The monoisotopic (exact) mass is 942 g/mol. The third-order valence-electron chi connectivity index (χ3n) is 12.8. The first kappa shape index (κ1) is 60.3. The van der Waals surface area contributed by atoms with Gasteiger partial charge in [0.15, 0.2) is 12.6 Å². The summed E-state index contributed by atoms with van der Waals surface area (Å²) in [5.41, 5.74) is 0. The summed E-state index contributed by atoms with van der Waals surface area (Å²) in [5, 5.41) is 86.4. The molecule has 0 radical (unpaired) electrons. The highest BCUT2D eigenvalue weighted by molar-refractivity contribution is 5.76. The maximum Gasteiger partial charge on any atom is 0.220 e. The molecule has 0 spiro atoms. The largest absolute Gasteiger partial charge is 0.394 e. The Labute approximate surface area is 398 Å². The number of carbonyl (C=O) groups is 1. The second-order valence-electron chi connectivity index (χ2n) is 18.6. The predicted molar refractivity (Wildman–Crippen MR) is 258 cm³/mol. The minimum Gasteiger partial charge on any atom is -0.394 e. The molecule has 2 fully saturated rings. The Bertz CT molecular complexity index is 1250. The summed E-state index contributed by atoms with van der Waals surface area (Å²) in [7, 11) is 0. The van der Waals surface area contributed by atoms with E-state index in [9.17, 15) is 45.6 Å². The second-order valence-corrected chi connectivity index (χ2v) is 18.6. The van der Waals surface area contributed by atoms with Crippen LogP contribution < -0.4 is 5.32 Å². The van der Waals surface area contributed by atoms with Crippen molar-refractivity contribution in [2.75, 3.05) is 19.8 Å². The van der Waals surface area contributed by atoms with Crippen LogP contribution in [0.4, 0.5) is 0 Å². The van der Waals surface area contributed by atoms with Crippen LogP contribution in [0.25, 0.3) is 0 Å². The topological polar surface area (TPSA) is 228 Å². The van der Waals surface area contributed by atoms with Crippen LogP contribution in [-0.2, 0) is 23.7 Å². The fourth-order valence-corrected chi connectivity index (χ4v) is 8.48. The molecule has 0 saturated carbocycles. The molecule has 0 aliphatic carbocycles. The van der Waals surface area contributed by atoms with Gasteiger partial charge in [0.25, 0.3) is 0 Å². The highest BCUT2D eigenvalue weighted by atomic mass is 16.7. The van der Waals surface area contributed by atoms with Crippen molar-refractivity contribution in [3.05, 3.63) is 36.5 Å². The van der Waals surface area contributed by atoms with Gasteiger partial charge in [0.1, 0.15) is 48.8 Å². The number of ether oxygens (including phenoxy) is 4. The number of hydrogen-bond donors (Lipinski definition) is 9. The van der Waals surface area contributed by atoms with Crippen LogP contribution in [0.15, 0.2) is 36.5 Å².